The normalized spacial score (nSPS) is 11.9. The van der Waals surface area contributed by atoms with Crippen molar-refractivity contribution in [3.63, 3.8) is 0 Å². The second-order valence-corrected chi connectivity index (χ2v) is 9.85. The molecular formula is C28H28N2O7S. The summed E-state index contributed by atoms with van der Waals surface area (Å²) in [7, 11) is 0. The number of hydrogen-bond acceptors (Lipinski definition) is 7. The van der Waals surface area contributed by atoms with Crippen molar-refractivity contribution in [3.05, 3.63) is 70.3 Å². The molecule has 1 unspecified atom stereocenters. The predicted molar refractivity (Wildman–Crippen MR) is 146 cm³/mol. The van der Waals surface area contributed by atoms with Crippen LogP contribution in [0, 0.1) is 6.92 Å². The predicted octanol–water partition coefficient (Wildman–Crippen LogP) is 3.89. The van der Waals surface area contributed by atoms with Gasteiger partial charge >= 0.3 is 11.6 Å². The number of hydrogen-bond donors (Lipinski definition) is 3. The molecule has 3 N–H and O–H groups in total. The molecule has 0 saturated carbocycles. The van der Waals surface area contributed by atoms with Crippen LogP contribution in [0.2, 0.25) is 0 Å². The monoisotopic (exact) mass is 536 g/mol. The smallest absolute Gasteiger partial charge is 0.340 e. The largest absolute Gasteiger partial charge is 0.481 e. The van der Waals surface area contributed by atoms with E-state index in [-0.39, 0.29) is 24.9 Å². The zero-order chi connectivity index (χ0) is 27.2. The van der Waals surface area contributed by atoms with Gasteiger partial charge in [0, 0.05) is 28.9 Å². The highest BCUT2D eigenvalue weighted by Crippen LogP contribution is 2.34. The molecule has 0 aliphatic carbocycles. The van der Waals surface area contributed by atoms with Crippen molar-refractivity contribution in [3.8, 4) is 11.1 Å². The number of carbonyl (C=O) groups excluding carboxylic acids is 2. The fraction of sp³-hybridized carbons (Fsp3) is 0.286. The Balaban J connectivity index is 1.60. The Labute approximate surface area is 222 Å². The van der Waals surface area contributed by atoms with Crippen LogP contribution in [0.15, 0.2) is 62.4 Å². The number of carboxylic acids is 1. The lowest BCUT2D eigenvalue weighted by Crippen LogP contribution is -2.48. The Morgan fingerprint density at radius 2 is 1.84 bits per heavy atom. The van der Waals surface area contributed by atoms with Gasteiger partial charge in [-0.25, -0.2) is 4.79 Å². The number of carboxylic acid groups (broad SMARTS) is 1. The molecular weight excluding hydrogens is 508 g/mol. The molecule has 0 aliphatic rings. The van der Waals surface area contributed by atoms with Gasteiger partial charge in [0.1, 0.15) is 17.2 Å². The van der Waals surface area contributed by atoms with Gasteiger partial charge in [-0.05, 0) is 42.5 Å². The first-order valence-electron chi connectivity index (χ1n) is 12.1. The fourth-order valence-corrected chi connectivity index (χ4v) is 4.75. The molecule has 2 amide bonds. The summed E-state index contributed by atoms with van der Waals surface area (Å²) in [5, 5.41) is 15.6. The zero-order valence-corrected chi connectivity index (χ0v) is 21.9. The van der Waals surface area contributed by atoms with E-state index >= 15 is 0 Å². The van der Waals surface area contributed by atoms with E-state index in [0.29, 0.717) is 34.3 Å². The van der Waals surface area contributed by atoms with Gasteiger partial charge in [0.25, 0.3) is 0 Å². The SMILES string of the molecule is CSCCC(NC(=O)Cc1c(C)c2cc3c(-c4ccccc4)coc3cc2oc1=O)C(=O)NCCC(=O)O. The highest BCUT2D eigenvalue weighted by atomic mass is 32.2. The van der Waals surface area contributed by atoms with Crippen LogP contribution in [0.1, 0.15) is 24.0 Å². The number of thioether (sulfide) groups is 1. The molecule has 0 fully saturated rings. The summed E-state index contributed by atoms with van der Waals surface area (Å²) in [6.45, 7) is 1.72. The molecule has 1 atom stereocenters. The van der Waals surface area contributed by atoms with E-state index in [1.807, 2.05) is 42.7 Å². The Bertz CT molecular complexity index is 1540. The second kappa shape index (κ2) is 12.0. The van der Waals surface area contributed by atoms with Gasteiger partial charge in [0.05, 0.1) is 24.7 Å². The Kier molecular flexibility index (Phi) is 8.52. The van der Waals surface area contributed by atoms with Crippen LogP contribution in [0.3, 0.4) is 0 Å². The van der Waals surface area contributed by atoms with Gasteiger partial charge < -0.3 is 24.6 Å². The molecule has 4 rings (SSSR count). The van der Waals surface area contributed by atoms with E-state index in [2.05, 4.69) is 10.6 Å². The van der Waals surface area contributed by atoms with Crippen LogP contribution >= 0.6 is 11.8 Å². The number of carbonyl (C=O) groups is 3. The number of benzene rings is 2. The van der Waals surface area contributed by atoms with Crippen LogP contribution in [0.5, 0.6) is 0 Å². The van der Waals surface area contributed by atoms with Crippen LogP contribution in [-0.4, -0.2) is 47.5 Å². The summed E-state index contributed by atoms with van der Waals surface area (Å²) in [4.78, 5) is 49.1. The van der Waals surface area contributed by atoms with E-state index < -0.39 is 29.5 Å². The maximum Gasteiger partial charge on any atom is 0.340 e. The third-order valence-electron chi connectivity index (χ3n) is 6.30. The van der Waals surface area contributed by atoms with Crippen LogP contribution in [-0.2, 0) is 20.8 Å². The molecule has 0 aliphatic heterocycles. The van der Waals surface area contributed by atoms with Crippen molar-refractivity contribution in [2.24, 2.45) is 0 Å². The molecule has 0 radical (unpaired) electrons. The fourth-order valence-electron chi connectivity index (χ4n) is 4.28. The molecule has 2 aromatic carbocycles. The Morgan fingerprint density at radius 3 is 2.55 bits per heavy atom. The minimum atomic E-state index is -1.03. The van der Waals surface area contributed by atoms with Gasteiger partial charge in [-0.15, -0.1) is 0 Å². The lowest BCUT2D eigenvalue weighted by molar-refractivity contribution is -0.137. The highest BCUT2D eigenvalue weighted by molar-refractivity contribution is 7.98. The summed E-state index contributed by atoms with van der Waals surface area (Å²) in [6, 6.07) is 12.5. The third-order valence-corrected chi connectivity index (χ3v) is 6.95. The Morgan fingerprint density at radius 1 is 1.08 bits per heavy atom. The first kappa shape index (κ1) is 27.0. The average molecular weight is 537 g/mol. The summed E-state index contributed by atoms with van der Waals surface area (Å²) >= 11 is 1.52. The number of aliphatic carboxylic acids is 1. The van der Waals surface area contributed by atoms with Crippen molar-refractivity contribution >= 4 is 51.5 Å². The lowest BCUT2D eigenvalue weighted by Gasteiger charge is -2.18. The third kappa shape index (κ3) is 6.08. The van der Waals surface area contributed by atoms with Gasteiger partial charge in [-0.1, -0.05) is 30.3 Å². The van der Waals surface area contributed by atoms with E-state index in [0.717, 1.165) is 16.5 Å². The number of nitrogens with one attached hydrogen (secondary N) is 2. The van der Waals surface area contributed by atoms with Crippen molar-refractivity contribution in [1.29, 1.82) is 0 Å². The summed E-state index contributed by atoms with van der Waals surface area (Å²) in [5.74, 6) is -1.39. The van der Waals surface area contributed by atoms with Crippen molar-refractivity contribution in [1.82, 2.24) is 10.6 Å². The van der Waals surface area contributed by atoms with Crippen molar-refractivity contribution in [2.45, 2.75) is 32.2 Å². The molecule has 2 heterocycles. The van der Waals surface area contributed by atoms with Crippen molar-refractivity contribution in [2.75, 3.05) is 18.6 Å². The highest BCUT2D eigenvalue weighted by Gasteiger charge is 2.23. The second-order valence-electron chi connectivity index (χ2n) is 8.87. The summed E-state index contributed by atoms with van der Waals surface area (Å²) < 4.78 is 11.3. The number of furan rings is 1. The van der Waals surface area contributed by atoms with Crippen LogP contribution < -0.4 is 16.3 Å². The first-order chi connectivity index (χ1) is 18.3. The summed E-state index contributed by atoms with van der Waals surface area (Å²) in [6.07, 6.45) is 3.42. The van der Waals surface area contributed by atoms with Crippen LogP contribution in [0.25, 0.3) is 33.1 Å². The minimum absolute atomic E-state index is 0.0410. The Hall–Kier alpha value is -4.05. The molecule has 10 heteroatoms. The van der Waals surface area contributed by atoms with E-state index in [1.165, 1.54) is 11.8 Å². The quantitative estimate of drug-likeness (QED) is 0.246. The summed E-state index contributed by atoms with van der Waals surface area (Å²) in [5.41, 5.74) is 3.00. The lowest BCUT2D eigenvalue weighted by atomic mass is 9.99. The molecule has 2 aromatic heterocycles. The number of rotatable bonds is 11. The topological polar surface area (TPSA) is 139 Å². The molecule has 0 saturated heterocycles. The first-order valence-corrected chi connectivity index (χ1v) is 13.5. The molecule has 38 heavy (non-hydrogen) atoms. The van der Waals surface area contributed by atoms with Gasteiger partial charge in [-0.2, -0.15) is 11.8 Å². The molecule has 0 spiro atoms. The van der Waals surface area contributed by atoms with Gasteiger partial charge in [0.15, 0.2) is 0 Å². The molecule has 198 valence electrons. The zero-order valence-electron chi connectivity index (χ0n) is 21.0. The number of aryl methyl sites for hydroxylation is 1. The number of amides is 2. The van der Waals surface area contributed by atoms with Crippen LogP contribution in [0.4, 0.5) is 0 Å². The standard InChI is InChI=1S/C28H28N2O7S/c1-16-18-12-20-21(17-6-4-3-5-7-17)15-36-23(20)14-24(18)37-28(35)19(16)13-25(31)30-22(9-11-38-2)27(34)29-10-8-26(32)33/h3-7,12,14-15,22H,8-11,13H2,1-2H3,(H,29,34)(H,30,31)(H,32,33). The average Bonchev–Trinajstić information content (AvgIpc) is 3.31. The maximum atomic E-state index is 12.9. The number of fused-ring (bicyclic) bond motifs is 2. The van der Waals surface area contributed by atoms with E-state index in [9.17, 15) is 19.2 Å². The van der Waals surface area contributed by atoms with Gasteiger partial charge in [-0.3, -0.25) is 14.4 Å². The van der Waals surface area contributed by atoms with E-state index in [4.69, 9.17) is 13.9 Å². The van der Waals surface area contributed by atoms with E-state index in [1.54, 1.807) is 19.3 Å². The van der Waals surface area contributed by atoms with Crippen molar-refractivity contribution < 1.29 is 28.3 Å². The molecule has 9 nitrogen and oxygen atoms in total. The molecule has 4 aromatic rings. The maximum absolute atomic E-state index is 12.9. The molecule has 0 bridgehead atoms. The minimum Gasteiger partial charge on any atom is -0.481 e. The van der Waals surface area contributed by atoms with Gasteiger partial charge in [0.2, 0.25) is 11.8 Å².